The first-order valence-corrected chi connectivity index (χ1v) is 10.1. The van der Waals surface area contributed by atoms with Crippen molar-refractivity contribution in [2.75, 3.05) is 6.54 Å². The molecular weight excluding hydrogens is 372 g/mol. The van der Waals surface area contributed by atoms with Gasteiger partial charge in [0.05, 0.1) is 12.2 Å². The molecule has 5 nitrogen and oxygen atoms in total. The number of nitrogens with two attached hydrogens (primary N) is 1. The standard InChI is InChI=1S/C22H32N4O.ClH/c1-17-20(18(2)26(25-17)15-19-9-5-3-6-10-19)14-24-21(27)13-22(16-23)11-7-4-8-12-22;/h3,5-6,9-10H,4,7-8,11-16,23H2,1-2H3,(H,24,27);1H. The van der Waals surface area contributed by atoms with Gasteiger partial charge in [0, 0.05) is 24.2 Å². The van der Waals surface area contributed by atoms with Crippen LogP contribution in [0.25, 0.3) is 0 Å². The van der Waals surface area contributed by atoms with Crippen LogP contribution in [0, 0.1) is 19.3 Å². The number of amides is 1. The highest BCUT2D eigenvalue weighted by Crippen LogP contribution is 2.38. The normalized spacial score (nSPS) is 15.7. The molecule has 1 aromatic heterocycles. The van der Waals surface area contributed by atoms with Gasteiger partial charge < -0.3 is 11.1 Å². The number of hydrogen-bond donors (Lipinski definition) is 2. The summed E-state index contributed by atoms with van der Waals surface area (Å²) in [7, 11) is 0. The summed E-state index contributed by atoms with van der Waals surface area (Å²) in [5.74, 6) is 0.108. The second kappa shape index (κ2) is 10.1. The lowest BCUT2D eigenvalue weighted by atomic mass is 9.71. The zero-order valence-electron chi connectivity index (χ0n) is 17.0. The summed E-state index contributed by atoms with van der Waals surface area (Å²) in [5, 5.41) is 7.79. The van der Waals surface area contributed by atoms with Crippen LogP contribution in [0.2, 0.25) is 0 Å². The summed E-state index contributed by atoms with van der Waals surface area (Å²) in [6.07, 6.45) is 6.33. The van der Waals surface area contributed by atoms with E-state index >= 15 is 0 Å². The summed E-state index contributed by atoms with van der Waals surface area (Å²) in [5.41, 5.74) is 10.5. The third kappa shape index (κ3) is 5.36. The molecule has 3 rings (SSSR count). The number of hydrogen-bond acceptors (Lipinski definition) is 3. The van der Waals surface area contributed by atoms with Crippen LogP contribution >= 0.6 is 12.4 Å². The highest BCUT2D eigenvalue weighted by Gasteiger charge is 2.32. The Balaban J connectivity index is 0.00000280. The number of aryl methyl sites for hydroxylation is 1. The number of nitrogens with one attached hydrogen (secondary N) is 1. The Morgan fingerprint density at radius 1 is 1.18 bits per heavy atom. The van der Waals surface area contributed by atoms with E-state index in [0.717, 1.165) is 36.3 Å². The molecule has 1 saturated carbocycles. The van der Waals surface area contributed by atoms with E-state index in [1.807, 2.05) is 29.8 Å². The molecule has 3 N–H and O–H groups in total. The average Bonchev–Trinajstić information content (AvgIpc) is 2.94. The van der Waals surface area contributed by atoms with Crippen molar-refractivity contribution >= 4 is 18.3 Å². The lowest BCUT2D eigenvalue weighted by molar-refractivity contribution is -0.124. The fourth-order valence-electron chi connectivity index (χ4n) is 4.25. The van der Waals surface area contributed by atoms with Gasteiger partial charge in [0.15, 0.2) is 0 Å². The number of aromatic nitrogens is 2. The molecule has 2 aromatic rings. The fraction of sp³-hybridized carbons (Fsp3) is 0.545. The van der Waals surface area contributed by atoms with Crippen molar-refractivity contribution in [1.29, 1.82) is 0 Å². The average molecular weight is 405 g/mol. The van der Waals surface area contributed by atoms with Crippen molar-refractivity contribution in [2.24, 2.45) is 11.1 Å². The van der Waals surface area contributed by atoms with Crippen LogP contribution in [-0.4, -0.2) is 22.2 Å². The van der Waals surface area contributed by atoms with Crippen LogP contribution in [0.5, 0.6) is 0 Å². The molecule has 0 aliphatic heterocycles. The number of rotatable bonds is 7. The van der Waals surface area contributed by atoms with Crippen molar-refractivity contribution in [3.05, 3.63) is 52.8 Å². The van der Waals surface area contributed by atoms with Crippen LogP contribution in [0.15, 0.2) is 30.3 Å². The minimum absolute atomic E-state index is 0. The quantitative estimate of drug-likeness (QED) is 0.735. The van der Waals surface area contributed by atoms with Crippen molar-refractivity contribution in [2.45, 2.75) is 65.5 Å². The van der Waals surface area contributed by atoms with E-state index in [-0.39, 0.29) is 23.7 Å². The zero-order chi connectivity index (χ0) is 19.3. The Morgan fingerprint density at radius 2 is 1.86 bits per heavy atom. The van der Waals surface area contributed by atoms with Gasteiger partial charge in [-0.2, -0.15) is 5.10 Å². The second-order valence-electron chi connectivity index (χ2n) is 8.01. The van der Waals surface area contributed by atoms with Crippen LogP contribution < -0.4 is 11.1 Å². The maximum atomic E-state index is 12.6. The third-order valence-electron chi connectivity index (χ3n) is 6.05. The molecule has 0 spiro atoms. The van der Waals surface area contributed by atoms with E-state index in [4.69, 9.17) is 5.73 Å². The molecule has 1 heterocycles. The first kappa shape index (κ1) is 22.4. The lowest BCUT2D eigenvalue weighted by Gasteiger charge is -2.35. The predicted molar refractivity (Wildman–Crippen MR) is 116 cm³/mol. The van der Waals surface area contributed by atoms with E-state index < -0.39 is 0 Å². The molecule has 0 atom stereocenters. The lowest BCUT2D eigenvalue weighted by Crippen LogP contribution is -2.38. The molecular formula is C22H33ClN4O. The van der Waals surface area contributed by atoms with Gasteiger partial charge in [-0.25, -0.2) is 0 Å². The summed E-state index contributed by atoms with van der Waals surface area (Å²) in [6.45, 7) is 5.97. The molecule has 0 saturated heterocycles. The summed E-state index contributed by atoms with van der Waals surface area (Å²) >= 11 is 0. The van der Waals surface area contributed by atoms with Crippen molar-refractivity contribution in [3.8, 4) is 0 Å². The van der Waals surface area contributed by atoms with E-state index in [9.17, 15) is 4.79 Å². The molecule has 1 aromatic carbocycles. The summed E-state index contributed by atoms with van der Waals surface area (Å²) in [6, 6.07) is 10.3. The number of carbonyl (C=O) groups is 1. The van der Waals surface area contributed by atoms with Gasteiger partial charge in [0.1, 0.15) is 0 Å². The number of nitrogens with zero attached hydrogens (tertiary/aromatic N) is 2. The van der Waals surface area contributed by atoms with Crippen molar-refractivity contribution < 1.29 is 4.79 Å². The van der Waals surface area contributed by atoms with E-state index in [0.29, 0.717) is 19.5 Å². The van der Waals surface area contributed by atoms with E-state index in [2.05, 4.69) is 29.5 Å². The Bertz CT molecular complexity index is 766. The SMILES string of the molecule is Cc1nn(Cc2ccccc2)c(C)c1CNC(=O)CC1(CN)CCCCC1.Cl. The van der Waals surface area contributed by atoms with Gasteiger partial charge in [0.2, 0.25) is 5.91 Å². The smallest absolute Gasteiger partial charge is 0.220 e. The first-order valence-electron chi connectivity index (χ1n) is 10.1. The van der Waals surface area contributed by atoms with E-state index in [1.165, 1.54) is 24.8 Å². The molecule has 28 heavy (non-hydrogen) atoms. The third-order valence-corrected chi connectivity index (χ3v) is 6.05. The minimum Gasteiger partial charge on any atom is -0.352 e. The molecule has 1 fully saturated rings. The van der Waals surface area contributed by atoms with Gasteiger partial charge in [0.25, 0.3) is 0 Å². The minimum atomic E-state index is 0. The molecule has 1 amide bonds. The van der Waals surface area contributed by atoms with Gasteiger partial charge >= 0.3 is 0 Å². The maximum Gasteiger partial charge on any atom is 0.220 e. The number of halogens is 1. The zero-order valence-corrected chi connectivity index (χ0v) is 17.9. The van der Waals surface area contributed by atoms with Gasteiger partial charge in [-0.05, 0) is 44.2 Å². The van der Waals surface area contributed by atoms with Gasteiger partial charge in [-0.3, -0.25) is 9.48 Å². The molecule has 6 heteroatoms. The van der Waals surface area contributed by atoms with Crippen LogP contribution in [0.4, 0.5) is 0 Å². The molecule has 0 unspecified atom stereocenters. The predicted octanol–water partition coefficient (Wildman–Crippen LogP) is 3.89. The Kier molecular flexibility index (Phi) is 8.08. The largest absolute Gasteiger partial charge is 0.352 e. The summed E-state index contributed by atoms with van der Waals surface area (Å²) < 4.78 is 2.02. The maximum absolute atomic E-state index is 12.6. The number of benzene rings is 1. The van der Waals surface area contributed by atoms with Gasteiger partial charge in [-0.1, -0.05) is 49.6 Å². The Labute approximate surface area is 174 Å². The van der Waals surface area contributed by atoms with Crippen molar-refractivity contribution in [3.63, 3.8) is 0 Å². The Hall–Kier alpha value is -1.85. The highest BCUT2D eigenvalue weighted by molar-refractivity contribution is 5.85. The second-order valence-corrected chi connectivity index (χ2v) is 8.01. The first-order chi connectivity index (χ1) is 13.0. The highest BCUT2D eigenvalue weighted by atomic mass is 35.5. The molecule has 0 radical (unpaired) electrons. The topological polar surface area (TPSA) is 72.9 Å². The van der Waals surface area contributed by atoms with Crippen molar-refractivity contribution in [1.82, 2.24) is 15.1 Å². The molecule has 0 bridgehead atoms. The monoisotopic (exact) mass is 404 g/mol. The number of carbonyl (C=O) groups excluding carboxylic acids is 1. The van der Waals surface area contributed by atoms with Crippen LogP contribution in [0.3, 0.4) is 0 Å². The van der Waals surface area contributed by atoms with E-state index in [1.54, 1.807) is 0 Å². The van der Waals surface area contributed by atoms with Crippen LogP contribution in [0.1, 0.15) is 61.0 Å². The summed E-state index contributed by atoms with van der Waals surface area (Å²) in [4.78, 5) is 12.6. The molecule has 1 aliphatic carbocycles. The van der Waals surface area contributed by atoms with Gasteiger partial charge in [-0.15, -0.1) is 12.4 Å². The molecule has 1 aliphatic rings. The molecule has 154 valence electrons. The fourth-order valence-corrected chi connectivity index (χ4v) is 4.25. The Morgan fingerprint density at radius 3 is 2.50 bits per heavy atom. The van der Waals surface area contributed by atoms with Crippen LogP contribution in [-0.2, 0) is 17.9 Å².